The summed E-state index contributed by atoms with van der Waals surface area (Å²) in [5.74, 6) is -0.540. The van der Waals surface area contributed by atoms with Gasteiger partial charge in [-0.2, -0.15) is 0 Å². The first kappa shape index (κ1) is 15.4. The molecule has 0 unspecified atom stereocenters. The lowest BCUT2D eigenvalue weighted by Crippen LogP contribution is -2.02. The summed E-state index contributed by atoms with van der Waals surface area (Å²) < 4.78 is 32.6. The number of benzene rings is 2. The monoisotopic (exact) mass is 285 g/mol. The van der Waals surface area contributed by atoms with Crippen LogP contribution in [-0.4, -0.2) is 0 Å². The van der Waals surface area contributed by atoms with E-state index in [1.54, 1.807) is 31.2 Å². The molecule has 0 aliphatic rings. The summed E-state index contributed by atoms with van der Waals surface area (Å²) in [7, 11) is 0. The summed E-state index contributed by atoms with van der Waals surface area (Å²) in [5.41, 5.74) is 6.14. The van der Waals surface area contributed by atoms with E-state index < -0.39 is 11.6 Å². The third-order valence-corrected chi connectivity index (χ3v) is 2.69. The van der Waals surface area contributed by atoms with Crippen molar-refractivity contribution < 1.29 is 13.5 Å². The van der Waals surface area contributed by atoms with Crippen LogP contribution in [-0.2, 0) is 6.54 Å². The molecular formula is C14H14ClF2NO. The first-order valence-corrected chi connectivity index (χ1v) is 5.54. The molecule has 0 aliphatic carbocycles. The predicted octanol–water partition coefficient (Wildman–Crippen LogP) is 3.95. The summed E-state index contributed by atoms with van der Waals surface area (Å²) in [6.07, 6.45) is 0. The molecule has 2 aromatic rings. The normalized spacial score (nSPS) is 9.89. The smallest absolute Gasteiger partial charge is 0.165 e. The fourth-order valence-corrected chi connectivity index (χ4v) is 1.64. The van der Waals surface area contributed by atoms with Gasteiger partial charge in [-0.15, -0.1) is 12.4 Å². The van der Waals surface area contributed by atoms with Crippen LogP contribution in [0.1, 0.15) is 11.1 Å². The molecule has 0 saturated heterocycles. The van der Waals surface area contributed by atoms with Crippen LogP contribution in [0.2, 0.25) is 0 Å². The van der Waals surface area contributed by atoms with Crippen molar-refractivity contribution in [1.29, 1.82) is 0 Å². The van der Waals surface area contributed by atoms with Crippen molar-refractivity contribution in [3.8, 4) is 11.5 Å². The van der Waals surface area contributed by atoms with Crippen LogP contribution in [0.15, 0.2) is 36.4 Å². The van der Waals surface area contributed by atoms with Gasteiger partial charge in [0.1, 0.15) is 11.6 Å². The highest BCUT2D eigenvalue weighted by Gasteiger charge is 2.11. The van der Waals surface area contributed by atoms with E-state index in [2.05, 4.69) is 0 Å². The van der Waals surface area contributed by atoms with Crippen molar-refractivity contribution in [2.75, 3.05) is 0 Å². The van der Waals surface area contributed by atoms with Crippen molar-refractivity contribution in [1.82, 2.24) is 0 Å². The number of rotatable bonds is 3. The van der Waals surface area contributed by atoms with Gasteiger partial charge in [-0.1, -0.05) is 18.2 Å². The Bertz CT molecular complexity index is 575. The number of hydrogen-bond donors (Lipinski definition) is 1. The largest absolute Gasteiger partial charge is 0.454 e. The molecule has 0 radical (unpaired) electrons. The second kappa shape index (κ2) is 6.50. The average molecular weight is 286 g/mol. The van der Waals surface area contributed by atoms with Crippen molar-refractivity contribution in [3.63, 3.8) is 0 Å². The summed E-state index contributed by atoms with van der Waals surface area (Å²) in [5, 5.41) is 0. The molecule has 0 bridgehead atoms. The first-order chi connectivity index (χ1) is 8.63. The molecule has 2 rings (SSSR count). The summed E-state index contributed by atoms with van der Waals surface area (Å²) in [6, 6.07) is 9.12. The van der Waals surface area contributed by atoms with E-state index >= 15 is 0 Å². The van der Waals surface area contributed by atoms with Crippen molar-refractivity contribution in [2.24, 2.45) is 5.73 Å². The van der Waals surface area contributed by atoms with Gasteiger partial charge >= 0.3 is 0 Å². The van der Waals surface area contributed by atoms with Crippen molar-refractivity contribution in [2.45, 2.75) is 13.5 Å². The maximum absolute atomic E-state index is 13.8. The van der Waals surface area contributed by atoms with E-state index in [0.717, 1.165) is 0 Å². The maximum atomic E-state index is 13.8. The van der Waals surface area contributed by atoms with Gasteiger partial charge in [0.15, 0.2) is 11.6 Å². The van der Waals surface area contributed by atoms with Crippen LogP contribution in [0.3, 0.4) is 0 Å². The van der Waals surface area contributed by atoms with Crippen LogP contribution in [0, 0.1) is 18.6 Å². The highest BCUT2D eigenvalue weighted by molar-refractivity contribution is 5.85. The molecular weight excluding hydrogens is 272 g/mol. The molecule has 0 spiro atoms. The average Bonchev–Trinajstić information content (AvgIpc) is 2.38. The lowest BCUT2D eigenvalue weighted by Gasteiger charge is -2.11. The second-order valence-electron chi connectivity index (χ2n) is 3.90. The minimum Gasteiger partial charge on any atom is -0.454 e. The van der Waals surface area contributed by atoms with Crippen molar-refractivity contribution in [3.05, 3.63) is 59.2 Å². The van der Waals surface area contributed by atoms with E-state index in [4.69, 9.17) is 10.5 Å². The Morgan fingerprint density at radius 3 is 2.37 bits per heavy atom. The number of nitrogens with two attached hydrogens (primary N) is 1. The first-order valence-electron chi connectivity index (χ1n) is 5.54. The molecule has 19 heavy (non-hydrogen) atoms. The van der Waals surface area contributed by atoms with Crippen LogP contribution < -0.4 is 10.5 Å². The highest BCUT2D eigenvalue weighted by atomic mass is 35.5. The molecule has 0 aromatic heterocycles. The lowest BCUT2D eigenvalue weighted by atomic mass is 10.1. The minimum atomic E-state index is -0.486. The third kappa shape index (κ3) is 3.22. The van der Waals surface area contributed by atoms with Gasteiger partial charge in [-0.25, -0.2) is 8.78 Å². The van der Waals surface area contributed by atoms with E-state index in [1.165, 1.54) is 12.1 Å². The number of halogens is 3. The van der Waals surface area contributed by atoms with Gasteiger partial charge in [0.05, 0.1) is 0 Å². The highest BCUT2D eigenvalue weighted by Crippen LogP contribution is 2.29. The molecule has 2 aromatic carbocycles. The Balaban J connectivity index is 0.00000180. The third-order valence-electron chi connectivity index (χ3n) is 2.69. The van der Waals surface area contributed by atoms with Gasteiger partial charge in [0.25, 0.3) is 0 Å². The van der Waals surface area contributed by atoms with Crippen molar-refractivity contribution >= 4 is 12.4 Å². The lowest BCUT2D eigenvalue weighted by molar-refractivity contribution is 0.434. The van der Waals surface area contributed by atoms with Gasteiger partial charge in [-0.3, -0.25) is 0 Å². The van der Waals surface area contributed by atoms with Gasteiger partial charge in [-0.05, 0) is 25.1 Å². The van der Waals surface area contributed by atoms with Crippen LogP contribution in [0.5, 0.6) is 11.5 Å². The minimum absolute atomic E-state index is 0. The molecule has 0 amide bonds. The topological polar surface area (TPSA) is 35.2 Å². The van der Waals surface area contributed by atoms with Gasteiger partial charge in [0.2, 0.25) is 0 Å². The fourth-order valence-electron chi connectivity index (χ4n) is 1.64. The number of para-hydroxylation sites is 1. The quantitative estimate of drug-likeness (QED) is 0.927. The summed E-state index contributed by atoms with van der Waals surface area (Å²) in [4.78, 5) is 0. The van der Waals surface area contributed by atoms with E-state index in [-0.39, 0.29) is 30.5 Å². The Morgan fingerprint density at radius 1 is 1.05 bits per heavy atom. The van der Waals surface area contributed by atoms with Crippen LogP contribution in [0.4, 0.5) is 8.78 Å². The van der Waals surface area contributed by atoms with Gasteiger partial charge < -0.3 is 10.5 Å². The zero-order chi connectivity index (χ0) is 13.1. The van der Waals surface area contributed by atoms with E-state index in [0.29, 0.717) is 11.1 Å². The molecule has 0 aliphatic heterocycles. The van der Waals surface area contributed by atoms with E-state index in [9.17, 15) is 8.78 Å². The number of hydrogen-bond acceptors (Lipinski definition) is 2. The van der Waals surface area contributed by atoms with Crippen LogP contribution >= 0.6 is 12.4 Å². The predicted molar refractivity (Wildman–Crippen MR) is 72.8 cm³/mol. The molecule has 102 valence electrons. The molecule has 0 atom stereocenters. The second-order valence-corrected chi connectivity index (χ2v) is 3.90. The summed E-state index contributed by atoms with van der Waals surface area (Å²) >= 11 is 0. The molecule has 0 heterocycles. The zero-order valence-corrected chi connectivity index (χ0v) is 11.1. The van der Waals surface area contributed by atoms with Crippen LogP contribution in [0.25, 0.3) is 0 Å². The molecule has 0 saturated carbocycles. The Morgan fingerprint density at radius 2 is 1.74 bits per heavy atom. The molecule has 5 heteroatoms. The molecule has 2 nitrogen and oxygen atoms in total. The zero-order valence-electron chi connectivity index (χ0n) is 10.3. The Labute approximate surface area is 116 Å². The molecule has 2 N–H and O–H groups in total. The van der Waals surface area contributed by atoms with E-state index in [1.807, 2.05) is 0 Å². The maximum Gasteiger partial charge on any atom is 0.165 e. The number of ether oxygens (including phenoxy) is 1. The SMILES string of the molecule is Cc1c(Oc2ccccc2F)ccc(CN)c1F.Cl. The Kier molecular flexibility index (Phi) is 5.27. The standard InChI is InChI=1S/C14H13F2NO.ClH/c1-9-12(7-6-10(8-17)14(9)16)18-13-5-3-2-4-11(13)15;/h2-7H,8,17H2,1H3;1H. The molecule has 0 fully saturated rings. The van der Waals surface area contributed by atoms with Gasteiger partial charge in [0, 0.05) is 17.7 Å². The fraction of sp³-hybridized carbons (Fsp3) is 0.143. The summed E-state index contributed by atoms with van der Waals surface area (Å²) in [6.45, 7) is 1.69. The Hall–Kier alpha value is -1.65.